The molecule has 130 valence electrons. The number of fused-ring (bicyclic) bond motifs is 1. The zero-order chi connectivity index (χ0) is 17.2. The van der Waals surface area contributed by atoms with Crippen molar-refractivity contribution in [3.8, 4) is 5.75 Å². The molecule has 1 aliphatic heterocycles. The lowest BCUT2D eigenvalue weighted by Gasteiger charge is -2.23. The van der Waals surface area contributed by atoms with Crippen LogP contribution in [-0.2, 0) is 4.74 Å². The van der Waals surface area contributed by atoms with Gasteiger partial charge in [0.25, 0.3) is 0 Å². The fourth-order valence-corrected chi connectivity index (χ4v) is 2.99. The summed E-state index contributed by atoms with van der Waals surface area (Å²) in [6.07, 6.45) is 4.85. The standard InChI is InChI=1S/C17H20N6O2/c1-24-12-7-5-11(6-8-12)20-15-14-16(22-17(18)21-15)23(10-19-14)13-4-2-3-9-25-13/h5-8,10,13H,2-4,9H2,1H3,(H3,18,20,21,22). The van der Waals surface area contributed by atoms with Crippen LogP contribution in [0.2, 0.25) is 0 Å². The third-order valence-corrected chi connectivity index (χ3v) is 4.26. The Hall–Kier alpha value is -2.87. The first kappa shape index (κ1) is 15.6. The van der Waals surface area contributed by atoms with E-state index in [1.54, 1.807) is 13.4 Å². The predicted octanol–water partition coefficient (Wildman–Crippen LogP) is 2.86. The molecule has 1 fully saturated rings. The van der Waals surface area contributed by atoms with Crippen LogP contribution in [0.25, 0.3) is 11.2 Å². The maximum atomic E-state index is 5.92. The molecule has 4 rings (SSSR count). The van der Waals surface area contributed by atoms with Crippen molar-refractivity contribution in [3.05, 3.63) is 30.6 Å². The van der Waals surface area contributed by atoms with E-state index in [2.05, 4.69) is 20.3 Å². The van der Waals surface area contributed by atoms with Crippen molar-refractivity contribution < 1.29 is 9.47 Å². The molecule has 3 aromatic rings. The average molecular weight is 340 g/mol. The zero-order valence-electron chi connectivity index (χ0n) is 14.0. The molecule has 0 saturated carbocycles. The Morgan fingerprint density at radius 1 is 1.24 bits per heavy atom. The summed E-state index contributed by atoms with van der Waals surface area (Å²) < 4.78 is 13.0. The number of nitrogens with one attached hydrogen (secondary N) is 1. The highest BCUT2D eigenvalue weighted by molar-refractivity contribution is 5.86. The van der Waals surface area contributed by atoms with E-state index >= 15 is 0 Å². The van der Waals surface area contributed by atoms with Crippen LogP contribution >= 0.6 is 0 Å². The van der Waals surface area contributed by atoms with Gasteiger partial charge in [0.05, 0.1) is 13.4 Å². The van der Waals surface area contributed by atoms with Gasteiger partial charge >= 0.3 is 0 Å². The fourth-order valence-electron chi connectivity index (χ4n) is 2.99. The number of methoxy groups -OCH3 is 1. The van der Waals surface area contributed by atoms with E-state index in [9.17, 15) is 0 Å². The summed E-state index contributed by atoms with van der Waals surface area (Å²) in [7, 11) is 1.64. The number of hydrogen-bond donors (Lipinski definition) is 2. The Kier molecular flexibility index (Phi) is 4.10. The number of hydrogen-bond acceptors (Lipinski definition) is 7. The second-order valence-electron chi connectivity index (χ2n) is 5.93. The molecule has 1 aliphatic rings. The molecule has 1 atom stereocenters. The van der Waals surface area contributed by atoms with E-state index < -0.39 is 0 Å². The summed E-state index contributed by atoms with van der Waals surface area (Å²) in [5.41, 5.74) is 8.12. The van der Waals surface area contributed by atoms with Crippen LogP contribution in [-0.4, -0.2) is 33.2 Å². The normalized spacial score (nSPS) is 17.6. The highest BCUT2D eigenvalue weighted by Gasteiger charge is 2.21. The van der Waals surface area contributed by atoms with Gasteiger partial charge in [0, 0.05) is 12.3 Å². The van der Waals surface area contributed by atoms with Gasteiger partial charge in [-0.05, 0) is 43.5 Å². The Labute approximate surface area is 145 Å². The molecule has 1 aromatic carbocycles. The molecule has 3 heterocycles. The van der Waals surface area contributed by atoms with E-state index in [1.165, 1.54) is 0 Å². The summed E-state index contributed by atoms with van der Waals surface area (Å²) in [5, 5.41) is 3.25. The molecule has 3 N–H and O–H groups in total. The van der Waals surface area contributed by atoms with Gasteiger partial charge in [-0.2, -0.15) is 9.97 Å². The Bertz CT molecular complexity index is 871. The largest absolute Gasteiger partial charge is 0.497 e. The third kappa shape index (κ3) is 3.08. The van der Waals surface area contributed by atoms with Crippen LogP contribution in [0.5, 0.6) is 5.75 Å². The van der Waals surface area contributed by atoms with Crippen molar-refractivity contribution in [1.82, 2.24) is 19.5 Å². The number of nitrogens with zero attached hydrogens (tertiary/aromatic N) is 4. The van der Waals surface area contributed by atoms with Gasteiger partial charge in [-0.1, -0.05) is 0 Å². The minimum atomic E-state index is -0.0538. The molecule has 8 heteroatoms. The maximum Gasteiger partial charge on any atom is 0.224 e. The van der Waals surface area contributed by atoms with Crippen LogP contribution < -0.4 is 15.8 Å². The average Bonchev–Trinajstić information content (AvgIpc) is 3.07. The molecule has 0 bridgehead atoms. The lowest BCUT2D eigenvalue weighted by Crippen LogP contribution is -2.18. The van der Waals surface area contributed by atoms with Crippen molar-refractivity contribution in [2.24, 2.45) is 0 Å². The van der Waals surface area contributed by atoms with Crippen molar-refractivity contribution in [3.63, 3.8) is 0 Å². The summed E-state index contributed by atoms with van der Waals surface area (Å²) in [6.45, 7) is 0.752. The van der Waals surface area contributed by atoms with Crippen molar-refractivity contribution in [1.29, 1.82) is 0 Å². The third-order valence-electron chi connectivity index (χ3n) is 4.26. The SMILES string of the molecule is COc1ccc(Nc2nc(N)nc3c2ncn3C2CCCCO2)cc1. The van der Waals surface area contributed by atoms with E-state index in [-0.39, 0.29) is 12.2 Å². The van der Waals surface area contributed by atoms with Gasteiger partial charge in [-0.3, -0.25) is 4.57 Å². The first-order valence-electron chi connectivity index (χ1n) is 8.27. The number of aromatic nitrogens is 4. The first-order chi connectivity index (χ1) is 12.2. The molecular formula is C17H20N6O2. The smallest absolute Gasteiger partial charge is 0.224 e. The molecule has 0 spiro atoms. The van der Waals surface area contributed by atoms with Gasteiger partial charge < -0.3 is 20.5 Å². The summed E-state index contributed by atoms with van der Waals surface area (Å²) in [5.74, 6) is 1.56. The summed E-state index contributed by atoms with van der Waals surface area (Å²) in [6, 6.07) is 7.56. The fraction of sp³-hybridized carbons (Fsp3) is 0.353. The topological polar surface area (TPSA) is 100 Å². The zero-order valence-corrected chi connectivity index (χ0v) is 14.0. The van der Waals surface area contributed by atoms with Crippen LogP contribution in [0.1, 0.15) is 25.5 Å². The highest BCUT2D eigenvalue weighted by atomic mass is 16.5. The lowest BCUT2D eigenvalue weighted by molar-refractivity contribution is -0.0298. The number of nitrogen functional groups attached to an aromatic ring is 1. The number of rotatable bonds is 4. The predicted molar refractivity (Wildman–Crippen MR) is 94.9 cm³/mol. The maximum absolute atomic E-state index is 5.92. The number of imidazole rings is 1. The molecule has 1 saturated heterocycles. The Balaban J connectivity index is 1.69. The van der Waals surface area contributed by atoms with Crippen molar-refractivity contribution >= 4 is 28.6 Å². The first-order valence-corrected chi connectivity index (χ1v) is 8.27. The number of anilines is 3. The van der Waals surface area contributed by atoms with Crippen molar-refractivity contribution in [2.75, 3.05) is 24.8 Å². The van der Waals surface area contributed by atoms with Crippen LogP contribution in [0.3, 0.4) is 0 Å². The molecular weight excluding hydrogens is 320 g/mol. The lowest BCUT2D eigenvalue weighted by atomic mass is 10.2. The quantitative estimate of drug-likeness (QED) is 0.753. The second kappa shape index (κ2) is 6.56. The highest BCUT2D eigenvalue weighted by Crippen LogP contribution is 2.29. The van der Waals surface area contributed by atoms with E-state index in [0.29, 0.717) is 17.0 Å². The van der Waals surface area contributed by atoms with E-state index in [1.807, 2.05) is 28.8 Å². The minimum Gasteiger partial charge on any atom is -0.497 e. The number of nitrogens with two attached hydrogens (primary N) is 1. The molecule has 2 aromatic heterocycles. The van der Waals surface area contributed by atoms with Gasteiger partial charge in [-0.25, -0.2) is 4.98 Å². The van der Waals surface area contributed by atoms with Crippen molar-refractivity contribution in [2.45, 2.75) is 25.5 Å². The Morgan fingerprint density at radius 2 is 2.08 bits per heavy atom. The molecule has 25 heavy (non-hydrogen) atoms. The second-order valence-corrected chi connectivity index (χ2v) is 5.93. The van der Waals surface area contributed by atoms with Gasteiger partial charge in [0.1, 0.15) is 12.0 Å². The molecule has 0 amide bonds. The van der Waals surface area contributed by atoms with Crippen LogP contribution in [0.15, 0.2) is 30.6 Å². The summed E-state index contributed by atoms with van der Waals surface area (Å²) in [4.78, 5) is 13.2. The van der Waals surface area contributed by atoms with Crippen LogP contribution in [0, 0.1) is 0 Å². The van der Waals surface area contributed by atoms with E-state index in [4.69, 9.17) is 15.2 Å². The minimum absolute atomic E-state index is 0.0538. The summed E-state index contributed by atoms with van der Waals surface area (Å²) >= 11 is 0. The van der Waals surface area contributed by atoms with Crippen LogP contribution in [0.4, 0.5) is 17.5 Å². The van der Waals surface area contributed by atoms with E-state index in [0.717, 1.165) is 37.3 Å². The van der Waals surface area contributed by atoms with Gasteiger partial charge in [0.2, 0.25) is 5.95 Å². The molecule has 8 nitrogen and oxygen atoms in total. The molecule has 0 aliphatic carbocycles. The number of benzene rings is 1. The number of ether oxygens (including phenoxy) is 2. The molecule has 0 radical (unpaired) electrons. The Morgan fingerprint density at radius 3 is 2.80 bits per heavy atom. The van der Waals surface area contributed by atoms with Gasteiger partial charge in [-0.15, -0.1) is 0 Å². The molecule has 1 unspecified atom stereocenters. The van der Waals surface area contributed by atoms with Gasteiger partial charge in [0.15, 0.2) is 17.0 Å². The monoisotopic (exact) mass is 340 g/mol.